The van der Waals surface area contributed by atoms with Crippen LogP contribution in [0.25, 0.3) is 0 Å². The van der Waals surface area contributed by atoms with Crippen LogP contribution in [0.1, 0.15) is 51.9 Å². The lowest BCUT2D eigenvalue weighted by Crippen LogP contribution is -2.36. The number of ether oxygens (including phenoxy) is 1. The molecule has 0 aliphatic carbocycles. The molecule has 0 radical (unpaired) electrons. The van der Waals surface area contributed by atoms with E-state index < -0.39 is 5.91 Å². The molecule has 1 aromatic carbocycles. The highest BCUT2D eigenvalue weighted by Gasteiger charge is 2.30. The fourth-order valence-electron chi connectivity index (χ4n) is 3.26. The Morgan fingerprint density at radius 2 is 1.97 bits per heavy atom. The summed E-state index contributed by atoms with van der Waals surface area (Å²) in [5.41, 5.74) is 7.24. The number of hydrogen-bond donors (Lipinski definition) is 2. The van der Waals surface area contributed by atoms with E-state index in [0.29, 0.717) is 47.5 Å². The molecule has 0 bridgehead atoms. The topological polar surface area (TPSA) is 102 Å². The number of nitrogens with one attached hydrogen (secondary N) is 1. The molecule has 0 saturated carbocycles. The van der Waals surface area contributed by atoms with Gasteiger partial charge in [0.2, 0.25) is 0 Å². The molecule has 0 atom stereocenters. The van der Waals surface area contributed by atoms with Crippen LogP contribution in [-0.2, 0) is 17.7 Å². The van der Waals surface area contributed by atoms with E-state index in [1.54, 1.807) is 35.7 Å². The monoisotopic (exact) mass is 447 g/mol. The van der Waals surface area contributed by atoms with Gasteiger partial charge in [-0.05, 0) is 43.2 Å². The van der Waals surface area contributed by atoms with Crippen LogP contribution in [0.5, 0.6) is 0 Å². The van der Waals surface area contributed by atoms with E-state index in [-0.39, 0.29) is 12.0 Å². The minimum atomic E-state index is -0.587. The van der Waals surface area contributed by atoms with Gasteiger partial charge in [0.15, 0.2) is 0 Å². The van der Waals surface area contributed by atoms with Crippen molar-refractivity contribution in [1.29, 1.82) is 0 Å². The molecule has 2 aromatic rings. The maximum atomic E-state index is 12.7. The van der Waals surface area contributed by atoms with E-state index in [2.05, 4.69) is 19.2 Å². The van der Waals surface area contributed by atoms with Crippen LogP contribution in [-0.4, -0.2) is 41.2 Å². The van der Waals surface area contributed by atoms with Crippen LogP contribution in [0.2, 0.25) is 0 Å². The number of thioether (sulfide) groups is 1. The molecule has 0 unspecified atom stereocenters. The smallest absolute Gasteiger partial charge is 0.410 e. The van der Waals surface area contributed by atoms with Crippen molar-refractivity contribution in [2.24, 2.45) is 5.73 Å². The van der Waals surface area contributed by atoms with Crippen molar-refractivity contribution < 1.29 is 19.1 Å². The number of primary amides is 1. The predicted octanol–water partition coefficient (Wildman–Crippen LogP) is 4.11. The second-order valence-corrected chi connectivity index (χ2v) is 9.84. The van der Waals surface area contributed by atoms with E-state index in [1.807, 2.05) is 12.1 Å². The van der Waals surface area contributed by atoms with Gasteiger partial charge >= 0.3 is 6.09 Å². The Morgan fingerprint density at radius 3 is 2.57 bits per heavy atom. The van der Waals surface area contributed by atoms with E-state index >= 15 is 0 Å². The first-order valence-corrected chi connectivity index (χ1v) is 11.4. The first kappa shape index (κ1) is 22.2. The zero-order valence-electron chi connectivity index (χ0n) is 17.2. The van der Waals surface area contributed by atoms with Crippen molar-refractivity contribution in [2.75, 3.05) is 18.5 Å². The summed E-state index contributed by atoms with van der Waals surface area (Å²) in [6.45, 7) is 7.04. The highest BCUT2D eigenvalue weighted by Crippen LogP contribution is 2.37. The molecule has 1 aliphatic heterocycles. The summed E-state index contributed by atoms with van der Waals surface area (Å²) < 4.78 is 5.07. The van der Waals surface area contributed by atoms with Crippen LogP contribution in [0.3, 0.4) is 0 Å². The lowest BCUT2D eigenvalue weighted by molar-refractivity contribution is 0.0997. The van der Waals surface area contributed by atoms with Gasteiger partial charge in [0, 0.05) is 27.1 Å². The van der Waals surface area contributed by atoms with Crippen molar-refractivity contribution in [3.8, 4) is 0 Å². The van der Waals surface area contributed by atoms with E-state index in [4.69, 9.17) is 10.5 Å². The third-order valence-corrected chi connectivity index (χ3v) is 6.69. The fourth-order valence-corrected chi connectivity index (χ4v) is 5.36. The molecule has 3 rings (SSSR count). The molecule has 30 heavy (non-hydrogen) atoms. The number of nitrogens with two attached hydrogens (primary N) is 1. The molecule has 7 nitrogen and oxygen atoms in total. The van der Waals surface area contributed by atoms with Crippen molar-refractivity contribution in [3.05, 3.63) is 45.8 Å². The number of amides is 3. The van der Waals surface area contributed by atoms with Crippen molar-refractivity contribution in [2.45, 2.75) is 43.9 Å². The highest BCUT2D eigenvalue weighted by atomic mass is 32.2. The second kappa shape index (κ2) is 9.53. The summed E-state index contributed by atoms with van der Waals surface area (Å²) in [6.07, 6.45) is 0.0991. The molecule has 1 aromatic heterocycles. The number of nitrogens with zero attached hydrogens (tertiary/aromatic N) is 1. The van der Waals surface area contributed by atoms with Crippen LogP contribution < -0.4 is 11.1 Å². The van der Waals surface area contributed by atoms with Gasteiger partial charge in [0.1, 0.15) is 5.00 Å². The van der Waals surface area contributed by atoms with Gasteiger partial charge in [-0.3, -0.25) is 9.59 Å². The SMILES string of the molecule is CCOC(=O)N1CCc2c(sc(NC(=O)c3ccc(SC(C)C)cc3)c2C(N)=O)C1. The van der Waals surface area contributed by atoms with Gasteiger partial charge in [-0.15, -0.1) is 23.1 Å². The van der Waals surface area contributed by atoms with Crippen molar-refractivity contribution in [3.63, 3.8) is 0 Å². The van der Waals surface area contributed by atoms with E-state index in [1.165, 1.54) is 11.3 Å². The molecule has 9 heteroatoms. The van der Waals surface area contributed by atoms with Crippen LogP contribution in [0.15, 0.2) is 29.2 Å². The lowest BCUT2D eigenvalue weighted by Gasteiger charge is -2.26. The number of fused-ring (bicyclic) bond motifs is 1. The number of anilines is 1. The maximum Gasteiger partial charge on any atom is 0.410 e. The third-order valence-electron chi connectivity index (χ3n) is 4.54. The molecule has 0 fully saturated rings. The Hall–Kier alpha value is -2.52. The van der Waals surface area contributed by atoms with Gasteiger partial charge in [0.25, 0.3) is 11.8 Å². The number of thiophene rings is 1. The van der Waals surface area contributed by atoms with Crippen molar-refractivity contribution in [1.82, 2.24) is 4.90 Å². The molecule has 0 saturated heterocycles. The molecule has 160 valence electrons. The number of hydrogen-bond acceptors (Lipinski definition) is 6. The Bertz CT molecular complexity index is 954. The Labute approximate surface area is 184 Å². The quantitative estimate of drug-likeness (QED) is 0.649. The molecular weight excluding hydrogens is 422 g/mol. The van der Waals surface area contributed by atoms with E-state index in [9.17, 15) is 14.4 Å². The molecule has 3 amide bonds. The fraction of sp³-hybridized carbons (Fsp3) is 0.381. The van der Waals surface area contributed by atoms with Gasteiger partial charge in [-0.1, -0.05) is 13.8 Å². The standard InChI is InChI=1S/C21H25N3O4S2/c1-4-28-21(27)24-10-9-15-16(11-24)30-20(17(15)18(22)25)23-19(26)13-5-7-14(8-6-13)29-12(2)3/h5-8,12H,4,9-11H2,1-3H3,(H2,22,25)(H,23,26). The molecule has 2 heterocycles. The minimum absolute atomic E-state index is 0.301. The summed E-state index contributed by atoms with van der Waals surface area (Å²) in [5.74, 6) is -0.893. The Morgan fingerprint density at radius 1 is 1.27 bits per heavy atom. The van der Waals surface area contributed by atoms with Crippen LogP contribution in [0.4, 0.5) is 9.80 Å². The first-order valence-electron chi connectivity index (χ1n) is 9.74. The molecule has 3 N–H and O–H groups in total. The van der Waals surface area contributed by atoms with Gasteiger partial charge in [-0.2, -0.15) is 0 Å². The Balaban J connectivity index is 1.80. The van der Waals surface area contributed by atoms with Gasteiger partial charge < -0.3 is 20.7 Å². The van der Waals surface area contributed by atoms with E-state index in [0.717, 1.165) is 15.3 Å². The van der Waals surface area contributed by atoms with Crippen LogP contribution in [0, 0.1) is 0 Å². The summed E-state index contributed by atoms with van der Waals surface area (Å²) in [7, 11) is 0. The van der Waals surface area contributed by atoms with Crippen LogP contribution >= 0.6 is 23.1 Å². The maximum absolute atomic E-state index is 12.7. The highest BCUT2D eigenvalue weighted by molar-refractivity contribution is 7.99. The summed E-state index contributed by atoms with van der Waals surface area (Å²) >= 11 is 3.00. The molecular formula is C21H25N3O4S2. The molecule has 1 aliphatic rings. The first-order chi connectivity index (χ1) is 14.3. The normalized spacial score (nSPS) is 13.1. The largest absolute Gasteiger partial charge is 0.450 e. The molecule has 0 spiro atoms. The predicted molar refractivity (Wildman–Crippen MR) is 119 cm³/mol. The zero-order chi connectivity index (χ0) is 21.8. The number of carbonyl (C=O) groups is 3. The number of benzene rings is 1. The van der Waals surface area contributed by atoms with Crippen molar-refractivity contribution >= 4 is 46.0 Å². The summed E-state index contributed by atoms with van der Waals surface area (Å²) in [5, 5.41) is 3.71. The minimum Gasteiger partial charge on any atom is -0.450 e. The average Bonchev–Trinajstić information content (AvgIpc) is 3.05. The third kappa shape index (κ3) is 4.96. The number of carbonyl (C=O) groups excluding carboxylic acids is 3. The summed E-state index contributed by atoms with van der Waals surface area (Å²) in [6, 6.07) is 7.34. The zero-order valence-corrected chi connectivity index (χ0v) is 18.8. The summed E-state index contributed by atoms with van der Waals surface area (Å²) in [4.78, 5) is 40.4. The lowest BCUT2D eigenvalue weighted by atomic mass is 10.0. The Kier molecular flexibility index (Phi) is 7.04. The average molecular weight is 448 g/mol. The second-order valence-electron chi connectivity index (χ2n) is 7.09. The number of rotatable bonds is 6. The van der Waals surface area contributed by atoms with Gasteiger partial charge in [-0.25, -0.2) is 4.79 Å². The van der Waals surface area contributed by atoms with Gasteiger partial charge in [0.05, 0.1) is 18.7 Å².